The zero-order valence-corrected chi connectivity index (χ0v) is 18.6. The number of carbonyl (C=O) groups is 1. The van der Waals surface area contributed by atoms with E-state index >= 15 is 0 Å². The molecule has 2 aromatic carbocycles. The molecule has 0 atom stereocenters. The molecule has 0 saturated heterocycles. The van der Waals surface area contributed by atoms with Crippen molar-refractivity contribution in [3.63, 3.8) is 0 Å². The maximum Gasteiger partial charge on any atom is 0.253 e. The monoisotopic (exact) mass is 433 g/mol. The first-order chi connectivity index (χ1) is 15.6. The standard InChI is InChI=1S/C25H27N3O4/c1-30-19-11-17(12-20(14-19)31-2)15-27-25(29)18-13-23-21(26-16-18)7-6-10-28(23)22-8-4-5-9-24(22)32-3/h4-5,8-9,11-14,16H,6-7,10,15H2,1-3H3,(H,27,29). The zero-order chi connectivity index (χ0) is 22.5. The van der Waals surface area contributed by atoms with E-state index in [2.05, 4.69) is 15.2 Å². The Labute approximate surface area is 187 Å². The number of rotatable bonds is 7. The number of amides is 1. The quantitative estimate of drug-likeness (QED) is 0.604. The van der Waals surface area contributed by atoms with Crippen LogP contribution in [0, 0.1) is 0 Å². The topological polar surface area (TPSA) is 72.9 Å². The van der Waals surface area contributed by atoms with Gasteiger partial charge < -0.3 is 24.4 Å². The maximum atomic E-state index is 12.9. The fraction of sp³-hybridized carbons (Fsp3) is 0.280. The molecule has 0 unspecified atom stereocenters. The number of ether oxygens (including phenoxy) is 3. The number of benzene rings is 2. The molecular weight excluding hydrogens is 406 g/mol. The van der Waals surface area contributed by atoms with Gasteiger partial charge in [0, 0.05) is 25.4 Å². The molecule has 4 rings (SSSR count). The predicted molar refractivity (Wildman–Crippen MR) is 123 cm³/mol. The van der Waals surface area contributed by atoms with Crippen LogP contribution in [0.3, 0.4) is 0 Å². The predicted octanol–water partition coefficient (Wildman–Crippen LogP) is 4.12. The molecule has 0 saturated carbocycles. The van der Waals surface area contributed by atoms with Crippen LogP contribution in [0.4, 0.5) is 11.4 Å². The van der Waals surface area contributed by atoms with Crippen molar-refractivity contribution in [1.82, 2.24) is 10.3 Å². The van der Waals surface area contributed by atoms with Crippen LogP contribution in [0.1, 0.15) is 28.0 Å². The highest BCUT2D eigenvalue weighted by atomic mass is 16.5. The lowest BCUT2D eigenvalue weighted by Gasteiger charge is -2.32. The lowest BCUT2D eigenvalue weighted by atomic mass is 10.0. The molecule has 2 heterocycles. The van der Waals surface area contributed by atoms with Crippen molar-refractivity contribution in [3.8, 4) is 17.2 Å². The number of aryl methyl sites for hydroxylation is 1. The van der Waals surface area contributed by atoms with E-state index in [-0.39, 0.29) is 5.91 Å². The Morgan fingerprint density at radius 3 is 2.47 bits per heavy atom. The number of aromatic nitrogens is 1. The summed E-state index contributed by atoms with van der Waals surface area (Å²) in [7, 11) is 4.87. The first kappa shape index (κ1) is 21.5. The Morgan fingerprint density at radius 1 is 1.00 bits per heavy atom. The van der Waals surface area contributed by atoms with Crippen molar-refractivity contribution in [2.75, 3.05) is 32.8 Å². The summed E-state index contributed by atoms with van der Waals surface area (Å²) in [4.78, 5) is 19.7. The van der Waals surface area contributed by atoms with E-state index in [0.29, 0.717) is 23.6 Å². The summed E-state index contributed by atoms with van der Waals surface area (Å²) >= 11 is 0. The highest BCUT2D eigenvalue weighted by molar-refractivity contribution is 5.95. The molecule has 32 heavy (non-hydrogen) atoms. The van der Waals surface area contributed by atoms with E-state index in [4.69, 9.17) is 14.2 Å². The highest BCUT2D eigenvalue weighted by Crippen LogP contribution is 2.38. The van der Waals surface area contributed by atoms with Gasteiger partial charge in [-0.05, 0) is 48.7 Å². The van der Waals surface area contributed by atoms with Gasteiger partial charge in [0.05, 0.1) is 44.0 Å². The molecule has 7 heteroatoms. The van der Waals surface area contributed by atoms with Gasteiger partial charge in [0.15, 0.2) is 0 Å². The summed E-state index contributed by atoms with van der Waals surface area (Å²) in [6.07, 6.45) is 3.51. The SMILES string of the molecule is COc1cc(CNC(=O)c2cnc3c(c2)N(c2ccccc2OC)CCC3)cc(OC)c1. The lowest BCUT2D eigenvalue weighted by molar-refractivity contribution is 0.0950. The molecule has 0 spiro atoms. The third-order valence-electron chi connectivity index (χ3n) is 5.54. The summed E-state index contributed by atoms with van der Waals surface area (Å²) in [6, 6.07) is 15.4. The van der Waals surface area contributed by atoms with Crippen molar-refractivity contribution in [2.45, 2.75) is 19.4 Å². The van der Waals surface area contributed by atoms with Gasteiger partial charge in [-0.15, -0.1) is 0 Å². The number of carbonyl (C=O) groups excluding carboxylic acids is 1. The lowest BCUT2D eigenvalue weighted by Crippen LogP contribution is -2.28. The number of anilines is 2. The van der Waals surface area contributed by atoms with Gasteiger partial charge in [0.1, 0.15) is 17.2 Å². The minimum absolute atomic E-state index is 0.187. The van der Waals surface area contributed by atoms with Crippen molar-refractivity contribution < 1.29 is 19.0 Å². The Morgan fingerprint density at radius 2 is 1.75 bits per heavy atom. The molecule has 1 N–H and O–H groups in total. The summed E-state index contributed by atoms with van der Waals surface area (Å²) < 4.78 is 16.2. The second-order valence-electron chi connectivity index (χ2n) is 7.52. The molecule has 1 aliphatic rings. The number of pyridine rings is 1. The maximum absolute atomic E-state index is 12.9. The van der Waals surface area contributed by atoms with E-state index in [1.165, 1.54) is 0 Å². The van der Waals surface area contributed by atoms with Gasteiger partial charge in [-0.25, -0.2) is 0 Å². The van der Waals surface area contributed by atoms with E-state index in [1.807, 2.05) is 42.5 Å². The minimum Gasteiger partial charge on any atom is -0.497 e. The third-order valence-corrected chi connectivity index (χ3v) is 5.54. The number of nitrogens with one attached hydrogen (secondary N) is 1. The van der Waals surface area contributed by atoms with Crippen LogP contribution in [-0.2, 0) is 13.0 Å². The van der Waals surface area contributed by atoms with Crippen molar-refractivity contribution in [1.29, 1.82) is 0 Å². The van der Waals surface area contributed by atoms with Crippen LogP contribution < -0.4 is 24.4 Å². The second-order valence-corrected chi connectivity index (χ2v) is 7.52. The van der Waals surface area contributed by atoms with E-state index in [0.717, 1.165) is 47.8 Å². The van der Waals surface area contributed by atoms with Crippen LogP contribution in [0.25, 0.3) is 0 Å². The normalized spacial score (nSPS) is 12.7. The molecule has 3 aromatic rings. The van der Waals surface area contributed by atoms with Crippen LogP contribution in [0.15, 0.2) is 54.7 Å². The number of methoxy groups -OCH3 is 3. The number of para-hydroxylation sites is 2. The van der Waals surface area contributed by atoms with Crippen molar-refractivity contribution in [3.05, 3.63) is 71.5 Å². The molecule has 1 amide bonds. The van der Waals surface area contributed by atoms with Crippen LogP contribution in [-0.4, -0.2) is 38.8 Å². The van der Waals surface area contributed by atoms with E-state index in [9.17, 15) is 4.79 Å². The summed E-state index contributed by atoms with van der Waals surface area (Å²) in [5, 5.41) is 2.97. The van der Waals surface area contributed by atoms with Gasteiger partial charge in [0.2, 0.25) is 0 Å². The molecule has 0 bridgehead atoms. The molecular formula is C25H27N3O4. The molecule has 7 nitrogen and oxygen atoms in total. The Hall–Kier alpha value is -3.74. The first-order valence-electron chi connectivity index (χ1n) is 10.5. The average Bonchev–Trinajstić information content (AvgIpc) is 2.86. The molecule has 1 aromatic heterocycles. The number of fused-ring (bicyclic) bond motifs is 1. The Kier molecular flexibility index (Phi) is 6.44. The summed E-state index contributed by atoms with van der Waals surface area (Å²) in [5.41, 5.74) is 4.29. The highest BCUT2D eigenvalue weighted by Gasteiger charge is 2.23. The second kappa shape index (κ2) is 9.60. The third kappa shape index (κ3) is 4.46. The smallest absolute Gasteiger partial charge is 0.253 e. The zero-order valence-electron chi connectivity index (χ0n) is 18.6. The van der Waals surface area contributed by atoms with E-state index in [1.54, 1.807) is 33.6 Å². The van der Waals surface area contributed by atoms with Gasteiger partial charge >= 0.3 is 0 Å². The first-order valence-corrected chi connectivity index (χ1v) is 10.5. The Bertz CT molecular complexity index is 1090. The van der Waals surface area contributed by atoms with Gasteiger partial charge in [-0.2, -0.15) is 0 Å². The summed E-state index contributed by atoms with van der Waals surface area (Å²) in [6.45, 7) is 1.18. The Balaban J connectivity index is 1.56. The van der Waals surface area contributed by atoms with E-state index < -0.39 is 0 Å². The van der Waals surface area contributed by atoms with Crippen molar-refractivity contribution in [2.24, 2.45) is 0 Å². The molecule has 166 valence electrons. The average molecular weight is 434 g/mol. The van der Waals surface area contributed by atoms with Gasteiger partial charge in [-0.1, -0.05) is 12.1 Å². The fourth-order valence-corrected chi connectivity index (χ4v) is 3.91. The fourth-order valence-electron chi connectivity index (χ4n) is 3.91. The number of hydrogen-bond acceptors (Lipinski definition) is 6. The van der Waals surface area contributed by atoms with Gasteiger partial charge in [0.25, 0.3) is 5.91 Å². The molecule has 1 aliphatic heterocycles. The van der Waals surface area contributed by atoms with Crippen LogP contribution in [0.2, 0.25) is 0 Å². The van der Waals surface area contributed by atoms with Crippen molar-refractivity contribution >= 4 is 17.3 Å². The number of nitrogens with zero attached hydrogens (tertiary/aromatic N) is 2. The molecule has 0 fully saturated rings. The minimum atomic E-state index is -0.187. The van der Waals surface area contributed by atoms with Crippen LogP contribution >= 0.6 is 0 Å². The van der Waals surface area contributed by atoms with Gasteiger partial charge in [-0.3, -0.25) is 9.78 Å². The molecule has 0 radical (unpaired) electrons. The number of hydrogen-bond donors (Lipinski definition) is 1. The molecule has 0 aliphatic carbocycles. The largest absolute Gasteiger partial charge is 0.497 e. The van der Waals surface area contributed by atoms with Crippen LogP contribution in [0.5, 0.6) is 17.2 Å². The summed E-state index contributed by atoms with van der Waals surface area (Å²) in [5.74, 6) is 1.96.